The number of aryl methyl sites for hydroxylation is 1. The molecule has 0 aliphatic carbocycles. The lowest BCUT2D eigenvalue weighted by Gasteiger charge is -2.34. The van der Waals surface area contributed by atoms with Crippen molar-refractivity contribution in [3.63, 3.8) is 0 Å². The van der Waals surface area contributed by atoms with Crippen LogP contribution in [-0.4, -0.2) is 78.3 Å². The van der Waals surface area contributed by atoms with Gasteiger partial charge in [-0.3, -0.25) is 4.79 Å². The van der Waals surface area contributed by atoms with Gasteiger partial charge in [-0.25, -0.2) is 17.9 Å². The number of nitrogens with one attached hydrogen (secondary N) is 1. The van der Waals surface area contributed by atoms with Crippen LogP contribution >= 0.6 is 0 Å². The summed E-state index contributed by atoms with van der Waals surface area (Å²) < 4.78 is 33.1. The molecule has 2 aliphatic heterocycles. The van der Waals surface area contributed by atoms with Gasteiger partial charge in [-0.05, 0) is 26.0 Å². The maximum absolute atomic E-state index is 11.8. The molecule has 2 atom stereocenters. The van der Waals surface area contributed by atoms with Crippen LogP contribution in [0.1, 0.15) is 18.9 Å². The lowest BCUT2D eigenvalue weighted by molar-refractivity contribution is -0.119. The highest BCUT2D eigenvalue weighted by Crippen LogP contribution is 2.30. The standard InChI is InChI=1S/C24H30N6O4S/c1-16-13-26-30-15-21(27-24(23(16)30)34-17(2)19-12-22(31)25-14-19)18-4-6-20(7-5-18)28-8-10-29(11-9-28)35(3,32)33/h4-7,13,15,17,19H,8-12,14H2,1-3H3,(H,25,31)/t17-,19?/m1/s1. The van der Waals surface area contributed by atoms with Crippen molar-refractivity contribution in [1.29, 1.82) is 0 Å². The van der Waals surface area contributed by atoms with E-state index in [-0.39, 0.29) is 17.9 Å². The number of nitrogens with zero attached hydrogens (tertiary/aromatic N) is 5. The molecule has 2 fully saturated rings. The van der Waals surface area contributed by atoms with Crippen molar-refractivity contribution < 1.29 is 17.9 Å². The summed E-state index contributed by atoms with van der Waals surface area (Å²) in [4.78, 5) is 18.7. The Kier molecular flexibility index (Phi) is 6.14. The molecule has 0 saturated carbocycles. The van der Waals surface area contributed by atoms with Gasteiger partial charge in [-0.1, -0.05) is 12.1 Å². The van der Waals surface area contributed by atoms with E-state index in [9.17, 15) is 13.2 Å². The molecule has 2 aliphatic rings. The average molecular weight is 499 g/mol. The van der Waals surface area contributed by atoms with Crippen molar-refractivity contribution in [3.8, 4) is 17.1 Å². The first kappa shape index (κ1) is 23.6. The Labute approximate surface area is 204 Å². The number of hydrogen-bond acceptors (Lipinski definition) is 7. The maximum Gasteiger partial charge on any atom is 0.241 e. The minimum Gasteiger partial charge on any atom is -0.473 e. The molecule has 0 radical (unpaired) electrons. The summed E-state index contributed by atoms with van der Waals surface area (Å²) in [5.74, 6) is 0.652. The van der Waals surface area contributed by atoms with Crippen molar-refractivity contribution in [3.05, 3.63) is 42.2 Å². The number of aromatic nitrogens is 3. The van der Waals surface area contributed by atoms with Gasteiger partial charge in [0.05, 0.1) is 24.3 Å². The van der Waals surface area contributed by atoms with E-state index in [2.05, 4.69) is 15.3 Å². The van der Waals surface area contributed by atoms with E-state index in [1.807, 2.05) is 44.3 Å². The Morgan fingerprint density at radius 3 is 2.49 bits per heavy atom. The van der Waals surface area contributed by atoms with Crippen LogP contribution in [0.5, 0.6) is 5.88 Å². The minimum atomic E-state index is -3.15. The number of sulfonamides is 1. The van der Waals surface area contributed by atoms with Gasteiger partial charge in [-0.15, -0.1) is 0 Å². The fourth-order valence-electron chi connectivity index (χ4n) is 4.69. The van der Waals surface area contributed by atoms with Gasteiger partial charge in [0, 0.05) is 61.9 Å². The smallest absolute Gasteiger partial charge is 0.241 e. The van der Waals surface area contributed by atoms with Crippen molar-refractivity contribution in [2.45, 2.75) is 26.4 Å². The third-order valence-corrected chi connectivity index (χ3v) is 8.16. The molecule has 11 heteroatoms. The van der Waals surface area contributed by atoms with Gasteiger partial charge in [0.25, 0.3) is 0 Å². The van der Waals surface area contributed by atoms with Crippen LogP contribution < -0.4 is 15.0 Å². The third kappa shape index (κ3) is 4.83. The number of ether oxygens (including phenoxy) is 1. The molecule has 10 nitrogen and oxygen atoms in total. The van der Waals surface area contributed by atoms with E-state index in [4.69, 9.17) is 9.72 Å². The number of anilines is 1. The monoisotopic (exact) mass is 498 g/mol. The van der Waals surface area contributed by atoms with Gasteiger partial charge in [0.1, 0.15) is 11.6 Å². The molecule has 2 saturated heterocycles. The van der Waals surface area contributed by atoms with E-state index >= 15 is 0 Å². The molecule has 0 spiro atoms. The molecule has 5 rings (SSSR count). The number of carbonyl (C=O) groups excluding carboxylic acids is 1. The number of benzene rings is 1. The van der Waals surface area contributed by atoms with Crippen LogP contribution in [0.15, 0.2) is 36.7 Å². The second-order valence-corrected chi connectivity index (χ2v) is 11.3. The predicted octanol–water partition coefficient (Wildman–Crippen LogP) is 1.69. The SMILES string of the molecule is Cc1cnn2cc(-c3ccc(N4CCN(S(C)(=O)=O)CC4)cc3)nc(O[C@H](C)C3CNC(=O)C3)c12. The largest absolute Gasteiger partial charge is 0.473 e. The molecular weight excluding hydrogens is 468 g/mol. The summed E-state index contributed by atoms with van der Waals surface area (Å²) >= 11 is 0. The minimum absolute atomic E-state index is 0.0515. The number of piperazine rings is 1. The van der Waals surface area contributed by atoms with E-state index in [0.29, 0.717) is 45.0 Å². The van der Waals surface area contributed by atoms with Crippen LogP contribution in [0.2, 0.25) is 0 Å². The van der Waals surface area contributed by atoms with E-state index in [0.717, 1.165) is 28.0 Å². The summed E-state index contributed by atoms with van der Waals surface area (Å²) in [5.41, 5.74) is 4.49. The zero-order chi connectivity index (χ0) is 24.7. The van der Waals surface area contributed by atoms with E-state index < -0.39 is 10.0 Å². The van der Waals surface area contributed by atoms with Crippen molar-refractivity contribution >= 4 is 27.1 Å². The lowest BCUT2D eigenvalue weighted by atomic mass is 10.0. The molecule has 186 valence electrons. The van der Waals surface area contributed by atoms with Crippen molar-refractivity contribution in [1.82, 2.24) is 24.2 Å². The van der Waals surface area contributed by atoms with Gasteiger partial charge in [0.15, 0.2) is 0 Å². The first-order valence-electron chi connectivity index (χ1n) is 11.8. The zero-order valence-electron chi connectivity index (χ0n) is 20.1. The van der Waals surface area contributed by atoms with Gasteiger partial charge < -0.3 is 15.0 Å². The molecular formula is C24H30N6O4S. The summed E-state index contributed by atoms with van der Waals surface area (Å²) in [6.07, 6.45) is 5.21. The van der Waals surface area contributed by atoms with Crippen LogP contribution in [0, 0.1) is 12.8 Å². The average Bonchev–Trinajstić information content (AvgIpc) is 3.44. The van der Waals surface area contributed by atoms with E-state index in [1.54, 1.807) is 10.7 Å². The first-order chi connectivity index (χ1) is 16.7. The number of carbonyl (C=O) groups is 1. The van der Waals surface area contributed by atoms with E-state index in [1.165, 1.54) is 10.6 Å². The second kappa shape index (κ2) is 9.12. The molecule has 4 heterocycles. The highest BCUT2D eigenvalue weighted by Gasteiger charge is 2.29. The quantitative estimate of drug-likeness (QED) is 0.551. The van der Waals surface area contributed by atoms with Crippen LogP contribution in [-0.2, 0) is 14.8 Å². The Bertz CT molecular complexity index is 1350. The summed E-state index contributed by atoms with van der Waals surface area (Å²) in [6.45, 7) is 6.82. The third-order valence-electron chi connectivity index (χ3n) is 6.85. The van der Waals surface area contributed by atoms with Gasteiger partial charge >= 0.3 is 0 Å². The van der Waals surface area contributed by atoms with Crippen molar-refractivity contribution in [2.24, 2.45) is 5.92 Å². The number of amides is 1. The van der Waals surface area contributed by atoms with Gasteiger partial charge in [0.2, 0.25) is 21.8 Å². The lowest BCUT2D eigenvalue weighted by Crippen LogP contribution is -2.48. The topological polar surface area (TPSA) is 109 Å². The van der Waals surface area contributed by atoms with Crippen LogP contribution in [0.3, 0.4) is 0 Å². The summed E-state index contributed by atoms with van der Waals surface area (Å²) in [5, 5.41) is 7.33. The molecule has 1 unspecified atom stereocenters. The van der Waals surface area contributed by atoms with Crippen molar-refractivity contribution in [2.75, 3.05) is 43.9 Å². The molecule has 2 aromatic heterocycles. The normalized spacial score (nSPS) is 20.3. The number of hydrogen-bond donors (Lipinski definition) is 1. The maximum atomic E-state index is 11.8. The first-order valence-corrected chi connectivity index (χ1v) is 13.6. The summed E-state index contributed by atoms with van der Waals surface area (Å²) in [6, 6.07) is 8.08. The fraction of sp³-hybridized carbons (Fsp3) is 0.458. The summed E-state index contributed by atoms with van der Waals surface area (Å²) in [7, 11) is -3.15. The number of rotatable bonds is 6. The van der Waals surface area contributed by atoms with Crippen LogP contribution in [0.25, 0.3) is 16.8 Å². The molecule has 1 N–H and O–H groups in total. The predicted molar refractivity (Wildman–Crippen MR) is 133 cm³/mol. The fourth-order valence-corrected chi connectivity index (χ4v) is 5.52. The molecule has 0 bridgehead atoms. The molecule has 1 aromatic carbocycles. The molecule has 3 aromatic rings. The Hall–Kier alpha value is -3.18. The van der Waals surface area contributed by atoms with Gasteiger partial charge in [-0.2, -0.15) is 9.40 Å². The molecule has 1 amide bonds. The Balaban J connectivity index is 1.37. The molecule has 35 heavy (non-hydrogen) atoms. The highest BCUT2D eigenvalue weighted by atomic mass is 32.2. The van der Waals surface area contributed by atoms with Crippen LogP contribution in [0.4, 0.5) is 5.69 Å². The Morgan fingerprint density at radius 1 is 1.14 bits per heavy atom. The highest BCUT2D eigenvalue weighted by molar-refractivity contribution is 7.88. The second-order valence-electron chi connectivity index (χ2n) is 9.34. The Morgan fingerprint density at radius 2 is 1.86 bits per heavy atom. The number of fused-ring (bicyclic) bond motifs is 1. The zero-order valence-corrected chi connectivity index (χ0v) is 21.0.